The molecule has 0 bridgehead atoms. The van der Waals surface area contributed by atoms with Crippen LogP contribution in [-0.4, -0.2) is 29.2 Å². The molecular weight excluding hydrogens is 262 g/mol. The summed E-state index contributed by atoms with van der Waals surface area (Å²) >= 11 is 0. The van der Waals surface area contributed by atoms with E-state index in [4.69, 9.17) is 15.2 Å². The third-order valence-corrected chi connectivity index (χ3v) is 2.74. The number of carbonyl (C=O) groups excluding carboxylic acids is 1. The van der Waals surface area contributed by atoms with E-state index in [9.17, 15) is 9.59 Å². The molecule has 1 aromatic rings. The minimum Gasteiger partial charge on any atom is -0.468 e. The summed E-state index contributed by atoms with van der Waals surface area (Å²) in [6.45, 7) is 2.67. The second-order valence-electron chi connectivity index (χ2n) is 4.27. The van der Waals surface area contributed by atoms with Gasteiger partial charge < -0.3 is 15.2 Å². The number of nitrogen functional groups attached to an aromatic ring is 1. The van der Waals surface area contributed by atoms with Gasteiger partial charge in [-0.3, -0.25) is 14.2 Å². The summed E-state index contributed by atoms with van der Waals surface area (Å²) < 4.78 is 11.3. The first-order valence-corrected chi connectivity index (χ1v) is 6.65. The molecule has 7 nitrogen and oxygen atoms in total. The lowest BCUT2D eigenvalue weighted by molar-refractivity contribution is -0.143. The minimum absolute atomic E-state index is 0.144. The molecule has 0 saturated heterocycles. The molecule has 112 valence electrons. The average Bonchev–Trinajstić information content (AvgIpc) is 2.40. The standard InChI is InChI=1S/C13H21N3O4/c1-3-20-12(18)7-5-4-6-8-16-11(17)9-10(14)15-13(16)19-2/h9H,3-8,14H2,1-2H3. The zero-order chi connectivity index (χ0) is 15.0. The summed E-state index contributed by atoms with van der Waals surface area (Å²) in [5.41, 5.74) is 5.25. The summed E-state index contributed by atoms with van der Waals surface area (Å²) in [7, 11) is 1.44. The Bertz CT molecular complexity index is 499. The van der Waals surface area contributed by atoms with Gasteiger partial charge in [0.05, 0.1) is 13.7 Å². The van der Waals surface area contributed by atoms with Gasteiger partial charge in [-0.25, -0.2) is 0 Å². The Morgan fingerprint density at radius 2 is 2.15 bits per heavy atom. The van der Waals surface area contributed by atoms with Crippen molar-refractivity contribution >= 4 is 11.8 Å². The van der Waals surface area contributed by atoms with Crippen LogP contribution in [0.2, 0.25) is 0 Å². The predicted molar refractivity (Wildman–Crippen MR) is 74.6 cm³/mol. The van der Waals surface area contributed by atoms with Crippen molar-refractivity contribution in [1.82, 2.24) is 9.55 Å². The molecule has 2 N–H and O–H groups in total. The van der Waals surface area contributed by atoms with E-state index < -0.39 is 0 Å². The van der Waals surface area contributed by atoms with Gasteiger partial charge in [0, 0.05) is 19.0 Å². The van der Waals surface area contributed by atoms with Crippen molar-refractivity contribution in [2.24, 2.45) is 0 Å². The number of hydrogen-bond acceptors (Lipinski definition) is 6. The van der Waals surface area contributed by atoms with Crippen LogP contribution in [0.25, 0.3) is 0 Å². The van der Waals surface area contributed by atoms with Crippen molar-refractivity contribution in [2.45, 2.75) is 39.2 Å². The Morgan fingerprint density at radius 1 is 1.40 bits per heavy atom. The molecule has 0 aliphatic carbocycles. The molecule has 0 radical (unpaired) electrons. The van der Waals surface area contributed by atoms with Crippen LogP contribution in [0.3, 0.4) is 0 Å². The average molecular weight is 283 g/mol. The Hall–Kier alpha value is -2.05. The van der Waals surface area contributed by atoms with Gasteiger partial charge in [0.25, 0.3) is 5.56 Å². The molecule has 0 unspecified atom stereocenters. The highest BCUT2D eigenvalue weighted by Gasteiger charge is 2.07. The quantitative estimate of drug-likeness (QED) is 0.564. The van der Waals surface area contributed by atoms with Crippen molar-refractivity contribution in [3.05, 3.63) is 16.4 Å². The van der Waals surface area contributed by atoms with Crippen LogP contribution in [-0.2, 0) is 16.1 Å². The van der Waals surface area contributed by atoms with Crippen LogP contribution < -0.4 is 16.0 Å². The maximum Gasteiger partial charge on any atom is 0.305 e. The van der Waals surface area contributed by atoms with E-state index in [1.54, 1.807) is 6.92 Å². The highest BCUT2D eigenvalue weighted by molar-refractivity contribution is 5.69. The molecule has 0 saturated carbocycles. The second-order valence-corrected chi connectivity index (χ2v) is 4.27. The fraction of sp³-hybridized carbons (Fsp3) is 0.615. The van der Waals surface area contributed by atoms with E-state index in [1.807, 2.05) is 0 Å². The van der Waals surface area contributed by atoms with Crippen molar-refractivity contribution in [3.63, 3.8) is 0 Å². The largest absolute Gasteiger partial charge is 0.468 e. The van der Waals surface area contributed by atoms with Crippen molar-refractivity contribution in [3.8, 4) is 6.01 Å². The highest BCUT2D eigenvalue weighted by atomic mass is 16.5. The summed E-state index contributed by atoms with van der Waals surface area (Å²) in [4.78, 5) is 26.9. The third-order valence-electron chi connectivity index (χ3n) is 2.74. The molecule has 0 amide bonds. The second kappa shape index (κ2) is 8.19. The van der Waals surface area contributed by atoms with E-state index in [-0.39, 0.29) is 23.4 Å². The van der Waals surface area contributed by atoms with Gasteiger partial charge in [-0.15, -0.1) is 0 Å². The number of ether oxygens (including phenoxy) is 2. The number of unbranched alkanes of at least 4 members (excludes halogenated alkanes) is 2. The highest BCUT2D eigenvalue weighted by Crippen LogP contribution is 2.09. The topological polar surface area (TPSA) is 96.4 Å². The molecule has 1 aromatic heterocycles. The van der Waals surface area contributed by atoms with Crippen LogP contribution >= 0.6 is 0 Å². The number of carbonyl (C=O) groups is 1. The number of nitrogens with two attached hydrogens (primary N) is 1. The third kappa shape index (κ3) is 4.91. The zero-order valence-corrected chi connectivity index (χ0v) is 11.9. The first-order chi connectivity index (χ1) is 9.58. The predicted octanol–water partition coefficient (Wildman–Crippen LogP) is 0.958. The van der Waals surface area contributed by atoms with E-state index in [0.29, 0.717) is 19.6 Å². The first-order valence-electron chi connectivity index (χ1n) is 6.65. The lowest BCUT2D eigenvalue weighted by Crippen LogP contribution is -2.23. The van der Waals surface area contributed by atoms with Crippen molar-refractivity contribution < 1.29 is 14.3 Å². The fourth-order valence-electron chi connectivity index (χ4n) is 1.81. The molecule has 20 heavy (non-hydrogen) atoms. The number of esters is 1. The maximum absolute atomic E-state index is 11.8. The SMILES string of the molecule is CCOC(=O)CCCCCn1c(OC)nc(N)cc1=O. The van der Waals surface area contributed by atoms with Gasteiger partial charge in [-0.2, -0.15) is 4.98 Å². The number of methoxy groups -OCH3 is 1. The van der Waals surface area contributed by atoms with Gasteiger partial charge in [0.1, 0.15) is 5.82 Å². The summed E-state index contributed by atoms with van der Waals surface area (Å²) in [6.07, 6.45) is 2.71. The van der Waals surface area contributed by atoms with Crippen LogP contribution in [0.1, 0.15) is 32.6 Å². The molecule has 0 aliphatic heterocycles. The number of aromatic nitrogens is 2. The van der Waals surface area contributed by atoms with Gasteiger partial charge in [0.15, 0.2) is 0 Å². The molecule has 1 heterocycles. The Morgan fingerprint density at radius 3 is 2.80 bits per heavy atom. The molecule has 0 aliphatic rings. The lowest BCUT2D eigenvalue weighted by atomic mass is 10.2. The maximum atomic E-state index is 11.8. The van der Waals surface area contributed by atoms with Gasteiger partial charge in [-0.1, -0.05) is 6.42 Å². The molecule has 1 rings (SSSR count). The van der Waals surface area contributed by atoms with Crippen LogP contribution in [0.5, 0.6) is 6.01 Å². The van der Waals surface area contributed by atoms with Crippen LogP contribution in [0, 0.1) is 0 Å². The van der Waals surface area contributed by atoms with Gasteiger partial charge in [-0.05, 0) is 19.8 Å². The zero-order valence-electron chi connectivity index (χ0n) is 11.9. The van der Waals surface area contributed by atoms with Crippen LogP contribution in [0.4, 0.5) is 5.82 Å². The minimum atomic E-state index is -0.236. The van der Waals surface area contributed by atoms with Crippen LogP contribution in [0.15, 0.2) is 10.9 Å². The Labute approximate surface area is 117 Å². The summed E-state index contributed by atoms with van der Waals surface area (Å²) in [5, 5.41) is 0. The fourth-order valence-corrected chi connectivity index (χ4v) is 1.81. The Balaban J connectivity index is 2.43. The smallest absolute Gasteiger partial charge is 0.305 e. The van der Waals surface area contributed by atoms with E-state index >= 15 is 0 Å². The molecule has 0 atom stereocenters. The number of anilines is 1. The van der Waals surface area contributed by atoms with Gasteiger partial charge >= 0.3 is 12.0 Å². The molecule has 0 spiro atoms. The first kappa shape index (κ1) is 16.0. The lowest BCUT2D eigenvalue weighted by Gasteiger charge is -2.10. The number of hydrogen-bond donors (Lipinski definition) is 1. The molecule has 0 aromatic carbocycles. The van der Waals surface area contributed by atoms with Gasteiger partial charge in [0.2, 0.25) is 0 Å². The van der Waals surface area contributed by atoms with Crippen molar-refractivity contribution in [2.75, 3.05) is 19.5 Å². The van der Waals surface area contributed by atoms with E-state index in [1.165, 1.54) is 17.7 Å². The number of nitrogens with zero attached hydrogens (tertiary/aromatic N) is 2. The summed E-state index contributed by atoms with van der Waals surface area (Å²) in [5.74, 6) is -0.0400. The van der Waals surface area contributed by atoms with E-state index in [0.717, 1.165) is 19.3 Å². The summed E-state index contributed by atoms with van der Waals surface area (Å²) in [6, 6.07) is 1.47. The van der Waals surface area contributed by atoms with E-state index in [2.05, 4.69) is 4.98 Å². The Kier molecular flexibility index (Phi) is 6.55. The monoisotopic (exact) mass is 283 g/mol. The molecular formula is C13H21N3O4. The van der Waals surface area contributed by atoms with Crippen molar-refractivity contribution in [1.29, 1.82) is 0 Å². The number of rotatable bonds is 8. The molecule has 7 heteroatoms. The normalized spacial score (nSPS) is 10.3. The molecule has 0 fully saturated rings.